The van der Waals surface area contributed by atoms with Gasteiger partial charge in [-0.25, -0.2) is 15.0 Å². The number of hydrogen-bond donors (Lipinski definition) is 0. The van der Waals surface area contributed by atoms with Crippen LogP contribution in [0.4, 0.5) is 17.1 Å². The lowest BCUT2D eigenvalue weighted by molar-refractivity contribution is 1.28. The van der Waals surface area contributed by atoms with Gasteiger partial charge >= 0.3 is 0 Å². The highest BCUT2D eigenvalue weighted by atomic mass is 15.1. The highest BCUT2D eigenvalue weighted by Gasteiger charge is 2.17. The molecule has 266 valence electrons. The van der Waals surface area contributed by atoms with Crippen molar-refractivity contribution in [3.05, 3.63) is 206 Å². The molecule has 11 rings (SSSR count). The second-order valence-electron chi connectivity index (χ2n) is 14.4. The van der Waals surface area contributed by atoms with Gasteiger partial charge in [0.05, 0.1) is 33.6 Å². The maximum atomic E-state index is 5.31. The van der Waals surface area contributed by atoms with Crippen LogP contribution < -0.4 is 4.90 Å². The van der Waals surface area contributed by atoms with E-state index in [0.717, 1.165) is 88.9 Å². The minimum atomic E-state index is 0.902. The largest absolute Gasteiger partial charge is 0.311 e. The van der Waals surface area contributed by atoms with Crippen LogP contribution in [0.2, 0.25) is 0 Å². The van der Waals surface area contributed by atoms with E-state index in [4.69, 9.17) is 15.0 Å². The van der Waals surface area contributed by atoms with Gasteiger partial charge in [0.1, 0.15) is 0 Å². The number of anilines is 3. The summed E-state index contributed by atoms with van der Waals surface area (Å²) < 4.78 is 0. The first-order valence-electron chi connectivity index (χ1n) is 19.3. The third-order valence-corrected chi connectivity index (χ3v) is 11.0. The quantitative estimate of drug-likeness (QED) is 0.160. The minimum Gasteiger partial charge on any atom is -0.311 e. The summed E-state index contributed by atoms with van der Waals surface area (Å²) >= 11 is 0. The number of para-hydroxylation sites is 3. The molecule has 8 aromatic carbocycles. The van der Waals surface area contributed by atoms with Crippen molar-refractivity contribution >= 4 is 71.3 Å². The van der Waals surface area contributed by atoms with E-state index in [0.29, 0.717) is 0 Å². The Labute approximate surface area is 330 Å². The Kier molecular flexibility index (Phi) is 7.78. The summed E-state index contributed by atoms with van der Waals surface area (Å²) in [5, 5.41) is 7.92. The molecule has 0 N–H and O–H groups in total. The Morgan fingerprint density at radius 3 is 1.49 bits per heavy atom. The molecule has 4 nitrogen and oxygen atoms in total. The maximum absolute atomic E-state index is 5.31. The fraction of sp³-hybridized carbons (Fsp3) is 0. The number of rotatable bonds is 6. The molecule has 0 spiro atoms. The molecular weight excluding hydrogens is 693 g/mol. The first-order valence-corrected chi connectivity index (χ1v) is 19.3. The smallest absolute Gasteiger partial charge is 0.0972 e. The average molecular weight is 727 g/mol. The van der Waals surface area contributed by atoms with Crippen LogP contribution in [0.25, 0.3) is 88.0 Å². The van der Waals surface area contributed by atoms with E-state index < -0.39 is 0 Å². The van der Waals surface area contributed by atoms with Gasteiger partial charge in [-0.2, -0.15) is 0 Å². The topological polar surface area (TPSA) is 41.9 Å². The number of pyridine rings is 3. The molecule has 0 aliphatic heterocycles. The Balaban J connectivity index is 1.06. The molecule has 0 radical (unpaired) electrons. The summed E-state index contributed by atoms with van der Waals surface area (Å²) in [7, 11) is 0. The normalized spacial score (nSPS) is 11.5. The molecule has 0 saturated heterocycles. The van der Waals surface area contributed by atoms with E-state index in [1.165, 1.54) is 16.2 Å². The van der Waals surface area contributed by atoms with Crippen LogP contribution in [0.5, 0.6) is 0 Å². The molecule has 0 aliphatic carbocycles. The van der Waals surface area contributed by atoms with E-state index in [2.05, 4.69) is 205 Å². The zero-order valence-corrected chi connectivity index (χ0v) is 30.9. The molecule has 4 heteroatoms. The van der Waals surface area contributed by atoms with Crippen LogP contribution in [0, 0.1) is 0 Å². The standard InChI is InChI=1S/C53H34N4/c1-4-12-36(13-5-1)47-32-27-38-21-22-39-28-33-48(55-53(39)52(38)54-47)40-23-20-35-26-31-45-50(46(35)34-40)44-18-10-11-19-49(44)56-51(45)37-24-29-43(30-25-37)57(41-14-6-2-7-15-41)42-16-8-3-9-17-42/h1-34H. The van der Waals surface area contributed by atoms with Crippen molar-refractivity contribution in [2.75, 3.05) is 4.90 Å². The Hall–Kier alpha value is -7.69. The molecule has 0 saturated carbocycles. The molecule has 3 heterocycles. The number of hydrogen-bond acceptors (Lipinski definition) is 4. The predicted molar refractivity (Wildman–Crippen MR) is 238 cm³/mol. The number of benzene rings is 8. The SMILES string of the molecule is c1ccc(-c2ccc3ccc4ccc(-c5ccc6ccc7c(-c8ccc(N(c9ccccc9)c9ccccc9)cc8)nc8ccccc8c7c6c5)nc4c3n2)cc1. The second kappa shape index (κ2) is 13.6. The van der Waals surface area contributed by atoms with E-state index in [1.807, 2.05) is 6.07 Å². The summed E-state index contributed by atoms with van der Waals surface area (Å²) in [6.07, 6.45) is 0. The molecule has 0 fully saturated rings. The Morgan fingerprint density at radius 1 is 0.316 bits per heavy atom. The van der Waals surface area contributed by atoms with Gasteiger partial charge in [-0.1, -0.05) is 146 Å². The lowest BCUT2D eigenvalue weighted by atomic mass is 9.93. The van der Waals surface area contributed by atoms with Crippen molar-refractivity contribution in [2.24, 2.45) is 0 Å². The lowest BCUT2D eigenvalue weighted by Gasteiger charge is -2.25. The first-order chi connectivity index (χ1) is 28.2. The van der Waals surface area contributed by atoms with Crippen molar-refractivity contribution in [2.45, 2.75) is 0 Å². The van der Waals surface area contributed by atoms with Gasteiger partial charge in [-0.05, 0) is 71.4 Å². The summed E-state index contributed by atoms with van der Waals surface area (Å²) in [6, 6.07) is 72.6. The number of nitrogens with zero attached hydrogens (tertiary/aromatic N) is 4. The summed E-state index contributed by atoms with van der Waals surface area (Å²) in [6.45, 7) is 0. The van der Waals surface area contributed by atoms with Gasteiger partial charge < -0.3 is 4.90 Å². The van der Waals surface area contributed by atoms with Crippen LogP contribution in [-0.4, -0.2) is 15.0 Å². The zero-order valence-electron chi connectivity index (χ0n) is 30.9. The minimum absolute atomic E-state index is 0.902. The molecule has 0 bridgehead atoms. The van der Waals surface area contributed by atoms with Crippen LogP contribution in [0.15, 0.2) is 206 Å². The highest BCUT2D eigenvalue weighted by Crippen LogP contribution is 2.40. The Morgan fingerprint density at radius 2 is 0.825 bits per heavy atom. The van der Waals surface area contributed by atoms with Gasteiger partial charge in [-0.15, -0.1) is 0 Å². The first kappa shape index (κ1) is 32.7. The van der Waals surface area contributed by atoms with Crippen LogP contribution in [0.1, 0.15) is 0 Å². The average Bonchev–Trinajstić information content (AvgIpc) is 3.29. The lowest BCUT2D eigenvalue weighted by Crippen LogP contribution is -2.09. The number of fused-ring (bicyclic) bond motifs is 8. The third-order valence-electron chi connectivity index (χ3n) is 11.0. The zero-order chi connectivity index (χ0) is 37.7. The monoisotopic (exact) mass is 726 g/mol. The molecular formula is C53H34N4. The Bertz CT molecular complexity index is 3230. The van der Waals surface area contributed by atoms with Crippen LogP contribution >= 0.6 is 0 Å². The van der Waals surface area contributed by atoms with E-state index >= 15 is 0 Å². The fourth-order valence-electron chi connectivity index (χ4n) is 8.22. The van der Waals surface area contributed by atoms with E-state index in [9.17, 15) is 0 Å². The van der Waals surface area contributed by atoms with E-state index in [1.54, 1.807) is 0 Å². The maximum Gasteiger partial charge on any atom is 0.0972 e. The van der Waals surface area contributed by atoms with Crippen molar-refractivity contribution < 1.29 is 0 Å². The molecule has 0 unspecified atom stereocenters. The van der Waals surface area contributed by atoms with Gasteiger partial charge in [0.25, 0.3) is 0 Å². The van der Waals surface area contributed by atoms with Crippen molar-refractivity contribution in [3.63, 3.8) is 0 Å². The van der Waals surface area contributed by atoms with Crippen molar-refractivity contribution in [1.82, 2.24) is 15.0 Å². The molecule has 57 heavy (non-hydrogen) atoms. The molecule has 0 atom stereocenters. The molecule has 0 aliphatic rings. The summed E-state index contributed by atoms with van der Waals surface area (Å²) in [5.74, 6) is 0. The van der Waals surface area contributed by atoms with Crippen molar-refractivity contribution in [1.29, 1.82) is 0 Å². The predicted octanol–water partition coefficient (Wildman–Crippen LogP) is 14.1. The van der Waals surface area contributed by atoms with Gasteiger partial charge in [-0.3, -0.25) is 0 Å². The molecule has 0 amide bonds. The second-order valence-corrected chi connectivity index (χ2v) is 14.4. The highest BCUT2D eigenvalue weighted by molar-refractivity contribution is 6.23. The van der Waals surface area contributed by atoms with Crippen molar-refractivity contribution in [3.8, 4) is 33.8 Å². The molecule has 11 aromatic rings. The van der Waals surface area contributed by atoms with Crippen LogP contribution in [0.3, 0.4) is 0 Å². The molecule has 3 aromatic heterocycles. The number of aromatic nitrogens is 3. The van der Waals surface area contributed by atoms with Gasteiger partial charge in [0, 0.05) is 60.7 Å². The summed E-state index contributed by atoms with van der Waals surface area (Å²) in [5.41, 5.74) is 12.1. The third kappa shape index (κ3) is 5.74. The van der Waals surface area contributed by atoms with E-state index in [-0.39, 0.29) is 0 Å². The van der Waals surface area contributed by atoms with Gasteiger partial charge in [0.15, 0.2) is 0 Å². The fourth-order valence-corrected chi connectivity index (χ4v) is 8.22. The summed E-state index contributed by atoms with van der Waals surface area (Å²) in [4.78, 5) is 18.1. The van der Waals surface area contributed by atoms with Gasteiger partial charge in [0.2, 0.25) is 0 Å². The van der Waals surface area contributed by atoms with Crippen LogP contribution in [-0.2, 0) is 0 Å².